The van der Waals surface area contributed by atoms with Gasteiger partial charge in [0.2, 0.25) is 11.7 Å². The molecular formula is C23H22N2O4. The number of carboxylic acids is 1. The van der Waals surface area contributed by atoms with Crippen LogP contribution < -0.4 is 10.2 Å². The smallest absolute Gasteiger partial charge is 0.345 e. The van der Waals surface area contributed by atoms with E-state index in [1.807, 2.05) is 30.3 Å². The van der Waals surface area contributed by atoms with Gasteiger partial charge in [-0.05, 0) is 55.2 Å². The van der Waals surface area contributed by atoms with Gasteiger partial charge in [0.25, 0.3) is 0 Å². The van der Waals surface area contributed by atoms with Crippen molar-refractivity contribution in [1.82, 2.24) is 0 Å². The molecule has 0 atom stereocenters. The predicted octanol–water partition coefficient (Wildman–Crippen LogP) is 4.03. The van der Waals surface area contributed by atoms with E-state index >= 15 is 0 Å². The molecule has 0 radical (unpaired) electrons. The molecule has 1 fully saturated rings. The second kappa shape index (κ2) is 8.22. The first-order valence-corrected chi connectivity index (χ1v) is 9.71. The minimum atomic E-state index is -1.32. The maximum Gasteiger partial charge on any atom is 0.345 e. The summed E-state index contributed by atoms with van der Waals surface area (Å²) in [4.78, 5) is 26.5. The number of ether oxygens (including phenoxy) is 1. The van der Waals surface area contributed by atoms with Crippen LogP contribution in [0, 0.1) is 0 Å². The Labute approximate surface area is 169 Å². The van der Waals surface area contributed by atoms with Crippen LogP contribution in [0.3, 0.4) is 0 Å². The van der Waals surface area contributed by atoms with E-state index in [0.717, 1.165) is 24.3 Å². The number of anilines is 2. The number of para-hydroxylation sites is 1. The summed E-state index contributed by atoms with van der Waals surface area (Å²) in [7, 11) is 0. The van der Waals surface area contributed by atoms with Crippen LogP contribution in [0.1, 0.15) is 24.8 Å². The highest BCUT2D eigenvalue weighted by molar-refractivity contribution is 6.26. The summed E-state index contributed by atoms with van der Waals surface area (Å²) < 4.78 is 5.59. The van der Waals surface area contributed by atoms with Crippen LogP contribution in [0.15, 0.2) is 71.8 Å². The molecule has 6 heteroatoms. The third-order valence-corrected chi connectivity index (χ3v) is 5.05. The average Bonchev–Trinajstić information content (AvgIpc) is 3.05. The molecule has 148 valence electrons. The molecule has 0 aliphatic carbocycles. The van der Waals surface area contributed by atoms with Gasteiger partial charge >= 0.3 is 5.97 Å². The van der Waals surface area contributed by atoms with Crippen molar-refractivity contribution in [1.29, 1.82) is 0 Å². The number of nitrogens with one attached hydrogen (secondary N) is 1. The topological polar surface area (TPSA) is 78.9 Å². The summed E-state index contributed by atoms with van der Waals surface area (Å²) in [6.45, 7) is 2.12. The number of carbonyl (C=O) groups excluding carboxylic acids is 1. The minimum Gasteiger partial charge on any atom is -0.477 e. The Bertz CT molecular complexity index is 972. The van der Waals surface area contributed by atoms with Gasteiger partial charge in [-0.2, -0.15) is 0 Å². The highest BCUT2D eigenvalue weighted by atomic mass is 16.5. The molecule has 0 spiro atoms. The lowest BCUT2D eigenvalue weighted by Gasteiger charge is -2.28. The van der Waals surface area contributed by atoms with Crippen molar-refractivity contribution in [3.05, 3.63) is 77.4 Å². The first-order chi connectivity index (χ1) is 14.1. The van der Waals surface area contributed by atoms with Gasteiger partial charge in [-0.15, -0.1) is 0 Å². The van der Waals surface area contributed by atoms with E-state index in [0.29, 0.717) is 5.69 Å². The van der Waals surface area contributed by atoms with Crippen LogP contribution in [0.4, 0.5) is 11.4 Å². The molecule has 6 nitrogen and oxygen atoms in total. The molecule has 0 unspecified atom stereocenters. The summed E-state index contributed by atoms with van der Waals surface area (Å²) in [5.41, 5.74) is 2.17. The van der Waals surface area contributed by atoms with E-state index < -0.39 is 17.3 Å². The summed E-state index contributed by atoms with van der Waals surface area (Å²) in [6.07, 6.45) is 5.26. The van der Waals surface area contributed by atoms with Crippen molar-refractivity contribution in [3.63, 3.8) is 0 Å². The second-order valence-electron chi connectivity index (χ2n) is 7.08. The molecule has 0 bridgehead atoms. The number of hydrogen-bond donors (Lipinski definition) is 2. The fourth-order valence-electron chi connectivity index (χ4n) is 3.55. The molecule has 1 saturated heterocycles. The lowest BCUT2D eigenvalue weighted by molar-refractivity contribution is -0.134. The number of ketones is 1. The van der Waals surface area contributed by atoms with Crippen molar-refractivity contribution < 1.29 is 19.4 Å². The van der Waals surface area contributed by atoms with Crippen LogP contribution in [0.5, 0.6) is 0 Å². The summed E-state index contributed by atoms with van der Waals surface area (Å²) in [5, 5.41) is 12.3. The number of carboxylic acid groups (broad SMARTS) is 1. The number of piperidine rings is 1. The molecule has 2 aromatic carbocycles. The first kappa shape index (κ1) is 18.8. The maximum atomic E-state index is 12.6. The van der Waals surface area contributed by atoms with E-state index in [9.17, 15) is 14.7 Å². The van der Waals surface area contributed by atoms with Crippen molar-refractivity contribution in [2.75, 3.05) is 23.3 Å². The number of benzene rings is 2. The van der Waals surface area contributed by atoms with E-state index in [1.54, 1.807) is 30.3 Å². The molecule has 2 N–H and O–H groups in total. The number of hydrogen-bond acceptors (Lipinski definition) is 5. The average molecular weight is 390 g/mol. The highest BCUT2D eigenvalue weighted by Gasteiger charge is 2.35. The maximum absolute atomic E-state index is 12.6. The van der Waals surface area contributed by atoms with Gasteiger partial charge in [-0.25, -0.2) is 4.79 Å². The lowest BCUT2D eigenvalue weighted by atomic mass is 10.1. The van der Waals surface area contributed by atoms with Crippen molar-refractivity contribution >= 4 is 29.2 Å². The molecule has 0 amide bonds. The Morgan fingerprint density at radius 2 is 1.69 bits per heavy atom. The highest BCUT2D eigenvalue weighted by Crippen LogP contribution is 2.29. The summed E-state index contributed by atoms with van der Waals surface area (Å²) in [6, 6.07) is 16.9. The van der Waals surface area contributed by atoms with Gasteiger partial charge in [-0.3, -0.25) is 4.79 Å². The molecule has 2 aliphatic rings. The SMILES string of the molecule is O=C(O)C1=C(Nc2ccccc2)O/C(=C\c2ccc(N3CCCCC3)cc2)C1=O. The van der Waals surface area contributed by atoms with E-state index in [4.69, 9.17) is 4.74 Å². The van der Waals surface area contributed by atoms with Crippen molar-refractivity contribution in [3.8, 4) is 0 Å². The lowest BCUT2D eigenvalue weighted by Crippen LogP contribution is -2.29. The minimum absolute atomic E-state index is 0.00782. The van der Waals surface area contributed by atoms with Crippen LogP contribution in [-0.4, -0.2) is 29.9 Å². The van der Waals surface area contributed by atoms with E-state index in [1.165, 1.54) is 19.3 Å². The molecule has 0 aromatic heterocycles. The monoisotopic (exact) mass is 390 g/mol. The third-order valence-electron chi connectivity index (χ3n) is 5.05. The number of aliphatic carboxylic acids is 1. The molecule has 29 heavy (non-hydrogen) atoms. The first-order valence-electron chi connectivity index (χ1n) is 9.71. The predicted molar refractivity (Wildman–Crippen MR) is 111 cm³/mol. The number of carbonyl (C=O) groups is 2. The Kier molecular flexibility index (Phi) is 5.33. The molecule has 0 saturated carbocycles. The van der Waals surface area contributed by atoms with Crippen LogP contribution >= 0.6 is 0 Å². The van der Waals surface area contributed by atoms with Crippen LogP contribution in [0.25, 0.3) is 6.08 Å². The van der Waals surface area contributed by atoms with Gasteiger partial charge < -0.3 is 20.1 Å². The summed E-state index contributed by atoms with van der Waals surface area (Å²) >= 11 is 0. The molecular weight excluding hydrogens is 368 g/mol. The quantitative estimate of drug-likeness (QED) is 0.593. The van der Waals surface area contributed by atoms with E-state index in [-0.39, 0.29) is 11.6 Å². The zero-order valence-corrected chi connectivity index (χ0v) is 15.9. The Balaban J connectivity index is 1.54. The fraction of sp³-hybridized carbons (Fsp3) is 0.217. The molecule has 2 aromatic rings. The van der Waals surface area contributed by atoms with Gasteiger partial charge in [0, 0.05) is 24.5 Å². The van der Waals surface area contributed by atoms with Gasteiger partial charge in [0.15, 0.2) is 11.3 Å². The second-order valence-corrected chi connectivity index (χ2v) is 7.08. The number of nitrogens with zero attached hydrogens (tertiary/aromatic N) is 1. The summed E-state index contributed by atoms with van der Waals surface area (Å²) in [5.74, 6) is -2.04. The van der Waals surface area contributed by atoms with Gasteiger partial charge in [0.05, 0.1) is 0 Å². The van der Waals surface area contributed by atoms with Gasteiger partial charge in [-0.1, -0.05) is 30.3 Å². The Hall–Kier alpha value is -3.54. The zero-order valence-electron chi connectivity index (χ0n) is 15.9. The van der Waals surface area contributed by atoms with E-state index in [2.05, 4.69) is 10.2 Å². The van der Waals surface area contributed by atoms with Crippen molar-refractivity contribution in [2.24, 2.45) is 0 Å². The van der Waals surface area contributed by atoms with Crippen LogP contribution in [-0.2, 0) is 14.3 Å². The standard InChI is InChI=1S/C23H22N2O4/c26-21-19(15-16-9-11-18(12-10-16)25-13-5-2-6-14-25)29-22(20(21)23(27)28)24-17-7-3-1-4-8-17/h1,3-4,7-12,15,24H,2,5-6,13-14H2,(H,27,28)/b19-15-. The molecule has 2 heterocycles. The largest absolute Gasteiger partial charge is 0.477 e. The fourth-order valence-corrected chi connectivity index (χ4v) is 3.55. The Morgan fingerprint density at radius 3 is 2.34 bits per heavy atom. The number of Topliss-reactive ketones (excluding diaryl/α,β-unsaturated/α-hetero) is 1. The molecule has 2 aliphatic heterocycles. The Morgan fingerprint density at radius 1 is 1.00 bits per heavy atom. The van der Waals surface area contributed by atoms with Crippen LogP contribution in [0.2, 0.25) is 0 Å². The number of allylic oxidation sites excluding steroid dienone is 1. The zero-order chi connectivity index (χ0) is 20.2. The third kappa shape index (κ3) is 4.16. The number of rotatable bonds is 5. The molecule has 4 rings (SSSR count). The van der Waals surface area contributed by atoms with Crippen molar-refractivity contribution in [2.45, 2.75) is 19.3 Å². The van der Waals surface area contributed by atoms with Gasteiger partial charge in [0.1, 0.15) is 0 Å². The normalized spacial score (nSPS) is 18.1.